The van der Waals surface area contributed by atoms with Crippen LogP contribution in [0.5, 0.6) is 0 Å². The molecule has 0 spiro atoms. The monoisotopic (exact) mass is 303 g/mol. The smallest absolute Gasteiger partial charge is 0.175 e. The van der Waals surface area contributed by atoms with Crippen molar-refractivity contribution in [1.82, 2.24) is 5.32 Å². The summed E-state index contributed by atoms with van der Waals surface area (Å²) in [5.41, 5.74) is 0.654. The summed E-state index contributed by atoms with van der Waals surface area (Å²) in [6, 6.07) is 5.31. The van der Waals surface area contributed by atoms with E-state index in [1.54, 1.807) is 18.2 Å². The van der Waals surface area contributed by atoms with E-state index in [-0.39, 0.29) is 0 Å². The fraction of sp³-hybridized carbons (Fsp3) is 0.571. The van der Waals surface area contributed by atoms with Crippen molar-refractivity contribution in [2.45, 2.75) is 44.7 Å². The molecule has 1 rings (SSSR count). The van der Waals surface area contributed by atoms with E-state index in [4.69, 9.17) is 11.6 Å². The summed E-state index contributed by atoms with van der Waals surface area (Å²) in [5.74, 6) is 0.532. The van der Waals surface area contributed by atoms with E-state index < -0.39 is 9.84 Å². The van der Waals surface area contributed by atoms with Gasteiger partial charge in [0.25, 0.3) is 0 Å². The van der Waals surface area contributed by atoms with Crippen LogP contribution in [0.3, 0.4) is 0 Å². The molecular weight excluding hydrogens is 282 g/mol. The minimum atomic E-state index is -3.25. The molecule has 0 radical (unpaired) electrons. The van der Waals surface area contributed by atoms with Crippen LogP contribution in [-0.2, 0) is 16.4 Å². The SMILES string of the molecule is CCC(C)C(C)NCc1c(Cl)cccc1S(C)(=O)=O. The van der Waals surface area contributed by atoms with Crippen molar-refractivity contribution in [3.8, 4) is 0 Å². The number of sulfone groups is 1. The summed E-state index contributed by atoms with van der Waals surface area (Å²) in [6.45, 7) is 6.88. The van der Waals surface area contributed by atoms with Gasteiger partial charge < -0.3 is 5.32 Å². The second kappa shape index (κ2) is 6.73. The first-order chi connectivity index (χ1) is 8.77. The van der Waals surface area contributed by atoms with E-state index in [1.165, 1.54) is 6.26 Å². The number of nitrogens with one attached hydrogen (secondary N) is 1. The van der Waals surface area contributed by atoms with Gasteiger partial charge in [0.1, 0.15) is 0 Å². The molecule has 0 aliphatic heterocycles. The fourth-order valence-corrected chi connectivity index (χ4v) is 3.13. The van der Waals surface area contributed by atoms with Crippen LogP contribution in [0, 0.1) is 5.92 Å². The average molecular weight is 304 g/mol. The Morgan fingerprint density at radius 2 is 1.95 bits per heavy atom. The molecule has 1 aromatic carbocycles. The molecule has 0 aliphatic rings. The zero-order valence-corrected chi connectivity index (χ0v) is 13.5. The first-order valence-corrected chi connectivity index (χ1v) is 8.75. The molecule has 2 unspecified atom stereocenters. The summed E-state index contributed by atoms with van der Waals surface area (Å²) in [4.78, 5) is 0.309. The number of rotatable bonds is 6. The van der Waals surface area contributed by atoms with Gasteiger partial charge in [-0.2, -0.15) is 0 Å². The standard InChI is InChI=1S/C14H22ClNO2S/c1-5-10(2)11(3)16-9-12-13(15)7-6-8-14(12)19(4,17)18/h6-8,10-11,16H,5,9H2,1-4H3. The second-order valence-electron chi connectivity index (χ2n) is 5.04. The summed E-state index contributed by atoms with van der Waals surface area (Å²) in [5, 5.41) is 3.85. The van der Waals surface area contributed by atoms with Gasteiger partial charge in [-0.1, -0.05) is 37.9 Å². The molecule has 0 fully saturated rings. The van der Waals surface area contributed by atoms with Crippen molar-refractivity contribution >= 4 is 21.4 Å². The lowest BCUT2D eigenvalue weighted by Crippen LogP contribution is -2.31. The molecule has 0 bridgehead atoms. The van der Waals surface area contributed by atoms with Crippen LogP contribution in [0.25, 0.3) is 0 Å². The summed E-state index contributed by atoms with van der Waals surface area (Å²) >= 11 is 6.13. The normalized spacial score (nSPS) is 15.2. The number of hydrogen-bond acceptors (Lipinski definition) is 3. The molecule has 0 saturated heterocycles. The molecule has 2 atom stereocenters. The minimum Gasteiger partial charge on any atom is -0.310 e. The third-order valence-corrected chi connectivity index (χ3v) is 5.11. The van der Waals surface area contributed by atoms with Crippen LogP contribution in [0.4, 0.5) is 0 Å². The van der Waals surface area contributed by atoms with E-state index in [0.29, 0.717) is 34.0 Å². The van der Waals surface area contributed by atoms with Crippen molar-refractivity contribution < 1.29 is 8.42 Å². The molecule has 1 aromatic rings. The average Bonchev–Trinajstić information content (AvgIpc) is 2.34. The highest BCUT2D eigenvalue weighted by molar-refractivity contribution is 7.90. The molecule has 0 aliphatic carbocycles. The highest BCUT2D eigenvalue weighted by atomic mass is 35.5. The first-order valence-electron chi connectivity index (χ1n) is 6.48. The maximum Gasteiger partial charge on any atom is 0.175 e. The molecule has 108 valence electrons. The number of halogens is 1. The van der Waals surface area contributed by atoms with Crippen LogP contribution >= 0.6 is 11.6 Å². The lowest BCUT2D eigenvalue weighted by molar-refractivity contribution is 0.388. The van der Waals surface area contributed by atoms with Crippen LogP contribution in [-0.4, -0.2) is 20.7 Å². The van der Waals surface area contributed by atoms with Gasteiger partial charge in [-0.15, -0.1) is 0 Å². The second-order valence-corrected chi connectivity index (χ2v) is 7.44. The maximum absolute atomic E-state index is 11.8. The molecule has 0 amide bonds. The summed E-state index contributed by atoms with van der Waals surface area (Å²) < 4.78 is 23.5. The van der Waals surface area contributed by atoms with Crippen LogP contribution in [0.1, 0.15) is 32.8 Å². The van der Waals surface area contributed by atoms with Gasteiger partial charge in [0.15, 0.2) is 9.84 Å². The van der Waals surface area contributed by atoms with Crippen LogP contribution in [0.2, 0.25) is 5.02 Å². The van der Waals surface area contributed by atoms with Crippen LogP contribution < -0.4 is 5.32 Å². The molecule has 1 N–H and O–H groups in total. The topological polar surface area (TPSA) is 46.2 Å². The Bertz CT molecular complexity index is 528. The van der Waals surface area contributed by atoms with Gasteiger partial charge >= 0.3 is 0 Å². The van der Waals surface area contributed by atoms with Gasteiger partial charge in [-0.25, -0.2) is 8.42 Å². The van der Waals surface area contributed by atoms with E-state index in [0.717, 1.165) is 6.42 Å². The Morgan fingerprint density at radius 1 is 1.32 bits per heavy atom. The van der Waals surface area contributed by atoms with Crippen molar-refractivity contribution in [3.05, 3.63) is 28.8 Å². The van der Waals surface area contributed by atoms with Crippen molar-refractivity contribution in [2.75, 3.05) is 6.26 Å². The Kier molecular flexibility index (Phi) is 5.83. The third kappa shape index (κ3) is 4.48. The Balaban J connectivity index is 2.95. The quantitative estimate of drug-likeness (QED) is 0.877. The van der Waals surface area contributed by atoms with Gasteiger partial charge in [0.05, 0.1) is 4.90 Å². The predicted molar refractivity (Wildman–Crippen MR) is 80.3 cm³/mol. The predicted octanol–water partition coefficient (Wildman–Crippen LogP) is 3.27. The van der Waals surface area contributed by atoms with E-state index in [2.05, 4.69) is 26.1 Å². The van der Waals surface area contributed by atoms with Gasteiger partial charge in [-0.05, 0) is 25.0 Å². The van der Waals surface area contributed by atoms with Crippen LogP contribution in [0.15, 0.2) is 23.1 Å². The Labute approximate surface area is 121 Å². The third-order valence-electron chi connectivity index (χ3n) is 3.57. The highest BCUT2D eigenvalue weighted by Crippen LogP contribution is 2.24. The highest BCUT2D eigenvalue weighted by Gasteiger charge is 2.17. The zero-order chi connectivity index (χ0) is 14.6. The largest absolute Gasteiger partial charge is 0.310 e. The van der Waals surface area contributed by atoms with E-state index in [1.807, 2.05) is 0 Å². The van der Waals surface area contributed by atoms with Gasteiger partial charge in [0.2, 0.25) is 0 Å². The lowest BCUT2D eigenvalue weighted by Gasteiger charge is -2.21. The number of benzene rings is 1. The minimum absolute atomic E-state index is 0.309. The molecule has 19 heavy (non-hydrogen) atoms. The summed E-state index contributed by atoms with van der Waals surface area (Å²) in [6.07, 6.45) is 2.29. The molecule has 0 saturated carbocycles. The molecule has 0 aromatic heterocycles. The Hall–Kier alpha value is -0.580. The van der Waals surface area contributed by atoms with E-state index >= 15 is 0 Å². The number of hydrogen-bond donors (Lipinski definition) is 1. The molecule has 5 heteroatoms. The summed E-state index contributed by atoms with van der Waals surface area (Å²) in [7, 11) is -3.25. The molecular formula is C14H22ClNO2S. The first kappa shape index (κ1) is 16.5. The maximum atomic E-state index is 11.8. The van der Waals surface area contributed by atoms with Crippen molar-refractivity contribution in [1.29, 1.82) is 0 Å². The zero-order valence-electron chi connectivity index (χ0n) is 11.9. The fourth-order valence-electron chi connectivity index (χ4n) is 1.88. The van der Waals surface area contributed by atoms with Crippen molar-refractivity contribution in [3.63, 3.8) is 0 Å². The van der Waals surface area contributed by atoms with E-state index in [9.17, 15) is 8.42 Å². The van der Waals surface area contributed by atoms with Gasteiger partial charge in [0, 0.05) is 29.4 Å². The van der Waals surface area contributed by atoms with Crippen molar-refractivity contribution in [2.24, 2.45) is 5.92 Å². The molecule has 0 heterocycles. The molecule has 3 nitrogen and oxygen atoms in total. The Morgan fingerprint density at radius 3 is 2.47 bits per heavy atom. The van der Waals surface area contributed by atoms with Gasteiger partial charge in [-0.3, -0.25) is 0 Å². The lowest BCUT2D eigenvalue weighted by atomic mass is 10.0.